The van der Waals surface area contributed by atoms with Crippen LogP contribution in [0.3, 0.4) is 0 Å². The van der Waals surface area contributed by atoms with Crippen molar-refractivity contribution in [3.8, 4) is 0 Å². The predicted molar refractivity (Wildman–Crippen MR) is 57.1 cm³/mol. The minimum Gasteiger partial charge on any atom is -0.382 e. The number of imidazole rings is 1. The fourth-order valence-electron chi connectivity index (χ4n) is 1.11. The molecule has 2 aromatic heterocycles. The number of amides is 1. The molecule has 0 atom stereocenters. The second kappa shape index (κ2) is 3.92. The lowest BCUT2D eigenvalue weighted by molar-refractivity contribution is 0.0996. The van der Waals surface area contributed by atoms with Crippen molar-refractivity contribution in [2.75, 3.05) is 5.73 Å². The van der Waals surface area contributed by atoms with Crippen LogP contribution in [0, 0.1) is 0 Å². The molecule has 0 bridgehead atoms. The maximum atomic E-state index is 11.2. The number of nitrogen functional groups attached to an aromatic ring is 1. The Kier molecular flexibility index (Phi) is 2.45. The second-order valence-corrected chi connectivity index (χ2v) is 3.01. The van der Waals surface area contributed by atoms with Crippen LogP contribution in [-0.4, -0.2) is 26.1 Å². The number of hydrogen-bond acceptors (Lipinski definition) is 6. The molecule has 0 spiro atoms. The number of rotatable bonds is 3. The average Bonchev–Trinajstić information content (AvgIpc) is 2.85. The third kappa shape index (κ3) is 1.90. The first-order valence-corrected chi connectivity index (χ1v) is 4.40. The van der Waals surface area contributed by atoms with E-state index in [0.717, 1.165) is 0 Å². The van der Waals surface area contributed by atoms with Crippen LogP contribution in [0.5, 0.6) is 0 Å². The zero-order valence-electron chi connectivity index (χ0n) is 8.39. The highest BCUT2D eigenvalue weighted by atomic mass is 16.1. The third-order valence-electron chi connectivity index (χ3n) is 1.89. The van der Waals surface area contributed by atoms with E-state index in [1.54, 1.807) is 0 Å². The summed E-state index contributed by atoms with van der Waals surface area (Å²) < 4.78 is 0. The first-order valence-electron chi connectivity index (χ1n) is 4.40. The van der Waals surface area contributed by atoms with E-state index in [1.807, 2.05) is 0 Å². The van der Waals surface area contributed by atoms with Gasteiger partial charge in [0.25, 0.3) is 11.5 Å². The topological polar surface area (TPSA) is 171 Å². The summed E-state index contributed by atoms with van der Waals surface area (Å²) in [5.41, 5.74) is 9.86. The molecule has 0 fully saturated rings. The number of anilines is 1. The van der Waals surface area contributed by atoms with Gasteiger partial charge in [0.2, 0.25) is 5.82 Å². The van der Waals surface area contributed by atoms with Crippen molar-refractivity contribution in [1.82, 2.24) is 20.2 Å². The van der Waals surface area contributed by atoms with Gasteiger partial charge in [0.05, 0.1) is 6.33 Å². The zero-order chi connectivity index (χ0) is 12.4. The van der Waals surface area contributed by atoms with Crippen LogP contribution in [0.2, 0.25) is 0 Å². The molecule has 0 aromatic carbocycles. The summed E-state index contributed by atoms with van der Waals surface area (Å²) in [6, 6.07) is 0. The second-order valence-electron chi connectivity index (χ2n) is 3.01. The van der Waals surface area contributed by atoms with Crippen LogP contribution in [0.25, 0.3) is 0 Å². The van der Waals surface area contributed by atoms with Gasteiger partial charge in [0.15, 0.2) is 11.4 Å². The molecule has 2 heterocycles. The van der Waals surface area contributed by atoms with Crippen LogP contribution >= 0.6 is 0 Å². The minimum atomic E-state index is -0.729. The van der Waals surface area contributed by atoms with Gasteiger partial charge in [-0.3, -0.25) is 19.8 Å². The van der Waals surface area contributed by atoms with E-state index in [-0.39, 0.29) is 23.0 Å². The Bertz CT molecular complexity index is 632. The highest BCUT2D eigenvalue weighted by Gasteiger charge is 2.11. The standard InChI is InChI=1S/C7H8N8O2/c8-4-2(7(17)15-13-4)12-14-6-3(5(9)16)10-1-11-6/h1H,(H2,9,16)(H,10,11)(H4,8,13,15,17). The number of hydrogen-bond donors (Lipinski definition) is 5. The Balaban J connectivity index is 2.36. The van der Waals surface area contributed by atoms with E-state index < -0.39 is 11.5 Å². The van der Waals surface area contributed by atoms with Gasteiger partial charge in [-0.15, -0.1) is 10.2 Å². The highest BCUT2D eigenvalue weighted by Crippen LogP contribution is 2.18. The van der Waals surface area contributed by atoms with Crippen molar-refractivity contribution in [2.45, 2.75) is 0 Å². The number of aromatic amines is 3. The van der Waals surface area contributed by atoms with E-state index in [9.17, 15) is 9.59 Å². The van der Waals surface area contributed by atoms with Gasteiger partial charge in [-0.25, -0.2) is 4.98 Å². The number of primary amides is 1. The maximum absolute atomic E-state index is 11.2. The van der Waals surface area contributed by atoms with E-state index in [0.29, 0.717) is 0 Å². The van der Waals surface area contributed by atoms with Crippen LogP contribution in [0.1, 0.15) is 10.5 Å². The fourth-order valence-corrected chi connectivity index (χ4v) is 1.11. The van der Waals surface area contributed by atoms with Gasteiger partial charge in [0, 0.05) is 0 Å². The van der Waals surface area contributed by atoms with Crippen LogP contribution in [0.4, 0.5) is 17.3 Å². The van der Waals surface area contributed by atoms with Crippen molar-refractivity contribution in [3.63, 3.8) is 0 Å². The van der Waals surface area contributed by atoms with E-state index >= 15 is 0 Å². The largest absolute Gasteiger partial charge is 0.382 e. The smallest absolute Gasteiger partial charge is 0.293 e. The minimum absolute atomic E-state index is 0.000661. The molecule has 0 radical (unpaired) electrons. The molecule has 0 saturated carbocycles. The highest BCUT2D eigenvalue weighted by molar-refractivity contribution is 5.94. The number of nitrogens with one attached hydrogen (secondary N) is 3. The Hall–Kier alpha value is -2.91. The first kappa shape index (κ1) is 10.6. The number of nitrogens with zero attached hydrogens (tertiary/aromatic N) is 3. The average molecular weight is 236 g/mol. The third-order valence-corrected chi connectivity index (χ3v) is 1.89. The number of nitrogens with two attached hydrogens (primary N) is 2. The molecule has 0 aliphatic heterocycles. The molecule has 17 heavy (non-hydrogen) atoms. The summed E-state index contributed by atoms with van der Waals surface area (Å²) in [7, 11) is 0. The molecule has 0 aliphatic rings. The quantitative estimate of drug-likeness (QED) is 0.453. The van der Waals surface area contributed by atoms with Gasteiger partial charge in [-0.05, 0) is 0 Å². The molecule has 2 aromatic rings. The molecule has 88 valence electrons. The van der Waals surface area contributed by atoms with Gasteiger partial charge >= 0.3 is 0 Å². The SMILES string of the molecule is NC(=O)c1[nH]cnc1N=Nc1c(N)[nH][nH]c1=O. The zero-order valence-corrected chi connectivity index (χ0v) is 8.39. The lowest BCUT2D eigenvalue weighted by Crippen LogP contribution is -2.11. The normalized spacial score (nSPS) is 11.1. The molecular weight excluding hydrogens is 228 g/mol. The first-order chi connectivity index (χ1) is 8.09. The molecule has 2 rings (SSSR count). The van der Waals surface area contributed by atoms with Gasteiger partial charge in [-0.1, -0.05) is 0 Å². The van der Waals surface area contributed by atoms with Gasteiger partial charge in [-0.2, -0.15) is 0 Å². The Morgan fingerprint density at radius 1 is 1.35 bits per heavy atom. The molecule has 0 unspecified atom stereocenters. The Labute approximate surface area is 93.1 Å². The number of azo groups is 1. The number of carbonyl (C=O) groups is 1. The van der Waals surface area contributed by atoms with Crippen molar-refractivity contribution >= 4 is 23.2 Å². The van der Waals surface area contributed by atoms with Crippen LogP contribution < -0.4 is 17.0 Å². The fraction of sp³-hybridized carbons (Fsp3) is 0. The predicted octanol–water partition coefficient (Wildman–Crippen LogP) is -0.477. The monoisotopic (exact) mass is 236 g/mol. The van der Waals surface area contributed by atoms with E-state index in [2.05, 4.69) is 30.4 Å². The number of aromatic nitrogens is 4. The number of carbonyl (C=O) groups excluding carboxylic acids is 1. The summed E-state index contributed by atoms with van der Waals surface area (Å²) in [4.78, 5) is 28.3. The summed E-state index contributed by atoms with van der Waals surface area (Å²) in [6.45, 7) is 0. The Morgan fingerprint density at radius 2 is 2.12 bits per heavy atom. The van der Waals surface area contributed by atoms with Crippen molar-refractivity contribution in [1.29, 1.82) is 0 Å². The van der Waals surface area contributed by atoms with Crippen LogP contribution in [0.15, 0.2) is 21.4 Å². The van der Waals surface area contributed by atoms with Crippen molar-refractivity contribution in [2.24, 2.45) is 16.0 Å². The Morgan fingerprint density at radius 3 is 2.71 bits per heavy atom. The van der Waals surface area contributed by atoms with E-state index in [4.69, 9.17) is 11.5 Å². The molecule has 0 aliphatic carbocycles. The summed E-state index contributed by atoms with van der Waals surface area (Å²) >= 11 is 0. The summed E-state index contributed by atoms with van der Waals surface area (Å²) in [5, 5.41) is 11.8. The lowest BCUT2D eigenvalue weighted by atomic mass is 10.4. The molecule has 7 N–H and O–H groups in total. The molecule has 1 amide bonds. The summed E-state index contributed by atoms with van der Waals surface area (Å²) in [6.07, 6.45) is 1.24. The molecule has 0 saturated heterocycles. The van der Waals surface area contributed by atoms with Crippen molar-refractivity contribution in [3.05, 3.63) is 22.4 Å². The molecule has 10 nitrogen and oxygen atoms in total. The van der Waals surface area contributed by atoms with Crippen molar-refractivity contribution < 1.29 is 4.79 Å². The summed E-state index contributed by atoms with van der Waals surface area (Å²) in [5.74, 6) is -0.709. The molecular formula is C7H8N8O2. The number of H-pyrrole nitrogens is 3. The van der Waals surface area contributed by atoms with Gasteiger partial charge in [0.1, 0.15) is 5.82 Å². The lowest BCUT2D eigenvalue weighted by Gasteiger charge is -1.90. The van der Waals surface area contributed by atoms with Gasteiger partial charge < -0.3 is 16.5 Å². The maximum Gasteiger partial charge on any atom is 0.293 e. The van der Waals surface area contributed by atoms with Crippen LogP contribution in [-0.2, 0) is 0 Å². The molecule has 10 heteroatoms. The van der Waals surface area contributed by atoms with E-state index in [1.165, 1.54) is 6.33 Å².